The van der Waals surface area contributed by atoms with Crippen molar-refractivity contribution in [1.82, 2.24) is 9.62 Å². The molecule has 0 aromatic heterocycles. The summed E-state index contributed by atoms with van der Waals surface area (Å²) in [5.41, 5.74) is 1.63. The molecule has 27 heavy (non-hydrogen) atoms. The molecule has 0 heterocycles. The Balaban J connectivity index is 1.90. The summed E-state index contributed by atoms with van der Waals surface area (Å²) < 4.78 is 43.1. The number of rotatable bonds is 9. The molecule has 0 atom stereocenters. The first-order valence-corrected chi connectivity index (χ1v) is 10.2. The van der Waals surface area contributed by atoms with Crippen LogP contribution < -0.4 is 10.1 Å². The molecule has 0 bridgehead atoms. The predicted molar refractivity (Wildman–Crippen MR) is 101 cm³/mol. The minimum absolute atomic E-state index is 0.0915. The smallest absolute Gasteiger partial charge is 0.235 e. The van der Waals surface area contributed by atoms with E-state index in [2.05, 4.69) is 5.32 Å². The highest BCUT2D eigenvalue weighted by molar-refractivity contribution is 7.88. The molecule has 1 N–H and O–H groups in total. The van der Waals surface area contributed by atoms with Crippen molar-refractivity contribution in [2.45, 2.75) is 13.0 Å². The number of sulfonamides is 1. The Bertz CT molecular complexity index is 852. The Morgan fingerprint density at radius 3 is 2.22 bits per heavy atom. The van der Waals surface area contributed by atoms with Crippen LogP contribution in [-0.4, -0.2) is 45.1 Å². The first-order valence-electron chi connectivity index (χ1n) is 8.37. The van der Waals surface area contributed by atoms with Crippen LogP contribution in [0.2, 0.25) is 0 Å². The molecule has 0 aliphatic heterocycles. The number of carbonyl (C=O) groups excluding carboxylic acids is 1. The lowest BCUT2D eigenvalue weighted by Crippen LogP contribution is -2.40. The van der Waals surface area contributed by atoms with Gasteiger partial charge in [-0.3, -0.25) is 4.79 Å². The van der Waals surface area contributed by atoms with Gasteiger partial charge in [-0.2, -0.15) is 4.31 Å². The van der Waals surface area contributed by atoms with Gasteiger partial charge < -0.3 is 10.1 Å². The zero-order valence-electron chi connectivity index (χ0n) is 15.3. The molecule has 0 aliphatic carbocycles. The highest BCUT2D eigenvalue weighted by Crippen LogP contribution is 2.14. The van der Waals surface area contributed by atoms with Gasteiger partial charge in [0.15, 0.2) is 0 Å². The second-order valence-corrected chi connectivity index (χ2v) is 8.09. The van der Waals surface area contributed by atoms with Crippen molar-refractivity contribution in [2.75, 3.05) is 26.5 Å². The molecule has 2 rings (SSSR count). The van der Waals surface area contributed by atoms with Crippen molar-refractivity contribution in [3.05, 3.63) is 65.5 Å². The fraction of sp³-hybridized carbons (Fsp3) is 0.316. The third-order valence-electron chi connectivity index (χ3n) is 3.96. The quantitative estimate of drug-likeness (QED) is 0.705. The maximum absolute atomic E-state index is 12.9. The minimum Gasteiger partial charge on any atom is -0.497 e. The van der Waals surface area contributed by atoms with Crippen LogP contribution in [0, 0.1) is 5.82 Å². The van der Waals surface area contributed by atoms with Crippen LogP contribution in [0.5, 0.6) is 5.75 Å². The molecule has 0 radical (unpaired) electrons. The summed E-state index contributed by atoms with van der Waals surface area (Å²) in [6, 6.07) is 13.0. The molecule has 0 spiro atoms. The number of amides is 1. The zero-order chi connectivity index (χ0) is 19.9. The molecule has 0 fully saturated rings. The molecule has 146 valence electrons. The number of methoxy groups -OCH3 is 1. The van der Waals surface area contributed by atoms with Gasteiger partial charge in [-0.15, -0.1) is 0 Å². The van der Waals surface area contributed by atoms with Crippen LogP contribution >= 0.6 is 0 Å². The van der Waals surface area contributed by atoms with Crippen molar-refractivity contribution in [1.29, 1.82) is 0 Å². The Morgan fingerprint density at radius 1 is 1.07 bits per heavy atom. The van der Waals surface area contributed by atoms with Crippen LogP contribution in [0.3, 0.4) is 0 Å². The molecule has 2 aromatic rings. The van der Waals surface area contributed by atoms with E-state index in [4.69, 9.17) is 4.74 Å². The maximum atomic E-state index is 12.9. The van der Waals surface area contributed by atoms with Crippen molar-refractivity contribution >= 4 is 15.9 Å². The van der Waals surface area contributed by atoms with Crippen LogP contribution in [-0.2, 0) is 27.8 Å². The molecule has 0 aliphatic rings. The lowest BCUT2D eigenvalue weighted by molar-refractivity contribution is -0.121. The summed E-state index contributed by atoms with van der Waals surface area (Å²) in [5.74, 6) is -0.0376. The fourth-order valence-electron chi connectivity index (χ4n) is 2.44. The molecular weight excluding hydrogens is 371 g/mol. The second kappa shape index (κ2) is 9.48. The van der Waals surface area contributed by atoms with Gasteiger partial charge in [0.25, 0.3) is 0 Å². The summed E-state index contributed by atoms with van der Waals surface area (Å²) in [6.45, 7) is 0.160. The summed E-state index contributed by atoms with van der Waals surface area (Å²) in [6.07, 6.45) is 1.60. The number of nitrogens with zero attached hydrogens (tertiary/aromatic N) is 1. The molecule has 2 aromatic carbocycles. The lowest BCUT2D eigenvalue weighted by atomic mass is 10.1. The number of nitrogens with one attached hydrogen (secondary N) is 1. The predicted octanol–water partition coefficient (Wildman–Crippen LogP) is 1.95. The molecule has 0 saturated heterocycles. The van der Waals surface area contributed by atoms with Crippen molar-refractivity contribution in [3.8, 4) is 5.75 Å². The maximum Gasteiger partial charge on any atom is 0.235 e. The Morgan fingerprint density at radius 2 is 1.67 bits per heavy atom. The van der Waals surface area contributed by atoms with Gasteiger partial charge in [0.2, 0.25) is 15.9 Å². The molecule has 6 nitrogen and oxygen atoms in total. The Labute approximate surface area is 159 Å². The van der Waals surface area contributed by atoms with Crippen molar-refractivity contribution in [2.24, 2.45) is 0 Å². The highest BCUT2D eigenvalue weighted by Gasteiger charge is 2.20. The van der Waals surface area contributed by atoms with E-state index >= 15 is 0 Å². The average molecular weight is 394 g/mol. The zero-order valence-corrected chi connectivity index (χ0v) is 16.1. The number of carbonyl (C=O) groups is 1. The van der Waals surface area contributed by atoms with E-state index in [0.29, 0.717) is 18.7 Å². The van der Waals surface area contributed by atoms with Gasteiger partial charge in [0.05, 0.1) is 19.9 Å². The molecule has 0 unspecified atom stereocenters. The number of halogens is 1. The standard InChI is InChI=1S/C19H23FN2O4S/c1-26-18-9-5-16(6-10-18)13-22(27(2,24)25)14-19(23)21-12-11-15-3-7-17(20)8-4-15/h3-10H,11-14H2,1-2H3,(H,21,23). The fourth-order valence-corrected chi connectivity index (χ4v) is 3.17. The number of hydrogen-bond donors (Lipinski definition) is 1. The number of ether oxygens (including phenoxy) is 1. The van der Waals surface area contributed by atoms with Crippen LogP contribution in [0.4, 0.5) is 4.39 Å². The Hall–Kier alpha value is -2.45. The first kappa shape index (κ1) is 20.9. The first-order chi connectivity index (χ1) is 12.8. The van der Waals surface area contributed by atoms with Gasteiger partial charge >= 0.3 is 0 Å². The molecular formula is C19H23FN2O4S. The van der Waals surface area contributed by atoms with E-state index in [1.807, 2.05) is 0 Å². The second-order valence-electron chi connectivity index (χ2n) is 6.11. The van der Waals surface area contributed by atoms with Crippen LogP contribution in [0.25, 0.3) is 0 Å². The highest BCUT2D eigenvalue weighted by atomic mass is 32.2. The number of hydrogen-bond acceptors (Lipinski definition) is 4. The molecule has 1 amide bonds. The van der Waals surface area contributed by atoms with Gasteiger partial charge in [-0.25, -0.2) is 12.8 Å². The topological polar surface area (TPSA) is 75.7 Å². The van der Waals surface area contributed by atoms with E-state index in [1.54, 1.807) is 43.5 Å². The van der Waals surface area contributed by atoms with E-state index in [-0.39, 0.29) is 18.9 Å². The molecule has 8 heteroatoms. The van der Waals surface area contributed by atoms with Gasteiger partial charge in [-0.1, -0.05) is 24.3 Å². The van der Waals surface area contributed by atoms with E-state index in [0.717, 1.165) is 21.7 Å². The van der Waals surface area contributed by atoms with Crippen LogP contribution in [0.15, 0.2) is 48.5 Å². The largest absolute Gasteiger partial charge is 0.497 e. The SMILES string of the molecule is COc1ccc(CN(CC(=O)NCCc2ccc(F)cc2)S(C)(=O)=O)cc1. The van der Waals surface area contributed by atoms with E-state index in [9.17, 15) is 17.6 Å². The van der Waals surface area contributed by atoms with E-state index < -0.39 is 15.9 Å². The lowest BCUT2D eigenvalue weighted by Gasteiger charge is -2.19. The van der Waals surface area contributed by atoms with Crippen molar-refractivity contribution in [3.63, 3.8) is 0 Å². The molecule has 0 saturated carbocycles. The van der Waals surface area contributed by atoms with Gasteiger partial charge in [-0.05, 0) is 41.8 Å². The monoisotopic (exact) mass is 394 g/mol. The average Bonchev–Trinajstić information content (AvgIpc) is 2.62. The number of benzene rings is 2. The van der Waals surface area contributed by atoms with E-state index in [1.165, 1.54) is 12.1 Å². The van der Waals surface area contributed by atoms with Crippen LogP contribution in [0.1, 0.15) is 11.1 Å². The van der Waals surface area contributed by atoms with Crippen molar-refractivity contribution < 1.29 is 22.3 Å². The summed E-state index contributed by atoms with van der Waals surface area (Å²) in [4.78, 5) is 12.1. The Kier molecular flexibility index (Phi) is 7.32. The summed E-state index contributed by atoms with van der Waals surface area (Å²) in [7, 11) is -2.01. The van der Waals surface area contributed by atoms with Gasteiger partial charge in [0, 0.05) is 13.1 Å². The third kappa shape index (κ3) is 6.99. The third-order valence-corrected chi connectivity index (χ3v) is 5.15. The summed E-state index contributed by atoms with van der Waals surface area (Å²) >= 11 is 0. The van der Waals surface area contributed by atoms with Gasteiger partial charge in [0.1, 0.15) is 11.6 Å². The minimum atomic E-state index is -3.56. The summed E-state index contributed by atoms with van der Waals surface area (Å²) in [5, 5.41) is 2.69. The normalized spacial score (nSPS) is 11.4.